The van der Waals surface area contributed by atoms with Crippen LogP contribution in [0.3, 0.4) is 0 Å². The summed E-state index contributed by atoms with van der Waals surface area (Å²) in [5.74, 6) is -0.699. The molecule has 0 saturated heterocycles. The summed E-state index contributed by atoms with van der Waals surface area (Å²) in [6.45, 7) is 3.37. The highest BCUT2D eigenvalue weighted by Crippen LogP contribution is 2.17. The first-order chi connectivity index (χ1) is 17.3. The average Bonchev–Trinajstić information content (AvgIpc) is 3.33. The number of rotatable bonds is 6. The van der Waals surface area contributed by atoms with Gasteiger partial charge in [0.1, 0.15) is 11.6 Å². The minimum Gasteiger partial charge on any atom is -0.316 e. The van der Waals surface area contributed by atoms with Gasteiger partial charge in [-0.2, -0.15) is 20.1 Å². The van der Waals surface area contributed by atoms with Gasteiger partial charge in [-0.1, -0.05) is 17.7 Å². The Hall–Kier alpha value is -5.37. The zero-order valence-electron chi connectivity index (χ0n) is 19.2. The summed E-state index contributed by atoms with van der Waals surface area (Å²) in [5, 5.41) is 28.6. The number of benzene rings is 2. The first-order valence-electron chi connectivity index (χ1n) is 10.7. The third-order valence-electron chi connectivity index (χ3n) is 5.42. The Kier molecular flexibility index (Phi) is 6.51. The molecule has 2 aromatic heterocycles. The van der Waals surface area contributed by atoms with E-state index in [-0.39, 0.29) is 22.5 Å². The molecule has 178 valence electrons. The Labute approximate surface area is 204 Å². The van der Waals surface area contributed by atoms with Crippen LogP contribution in [-0.4, -0.2) is 31.4 Å². The number of aromatic nitrogens is 3. The van der Waals surface area contributed by atoms with Gasteiger partial charge >= 0.3 is 0 Å². The lowest BCUT2D eigenvalue weighted by molar-refractivity contribution is -0.384. The highest BCUT2D eigenvalue weighted by Gasteiger charge is 2.20. The van der Waals surface area contributed by atoms with Crippen molar-refractivity contribution in [3.63, 3.8) is 0 Å². The van der Waals surface area contributed by atoms with E-state index in [1.54, 1.807) is 59.3 Å². The van der Waals surface area contributed by atoms with Gasteiger partial charge in [0, 0.05) is 29.6 Å². The number of aryl methyl sites for hydroxylation is 1. The van der Waals surface area contributed by atoms with Gasteiger partial charge in [-0.05, 0) is 50.2 Å². The van der Waals surface area contributed by atoms with Crippen molar-refractivity contribution in [2.45, 2.75) is 13.8 Å². The van der Waals surface area contributed by atoms with E-state index >= 15 is 0 Å². The number of nitro benzene ring substituents is 1. The van der Waals surface area contributed by atoms with E-state index in [4.69, 9.17) is 0 Å². The largest absolute Gasteiger partial charge is 0.316 e. The lowest BCUT2D eigenvalue weighted by Gasteiger charge is -2.11. The lowest BCUT2D eigenvalue weighted by atomic mass is 10.1. The van der Waals surface area contributed by atoms with E-state index in [0.29, 0.717) is 17.1 Å². The summed E-state index contributed by atoms with van der Waals surface area (Å²) in [6.07, 6.45) is 3.14. The summed E-state index contributed by atoms with van der Waals surface area (Å²) in [7, 11) is 0. The van der Waals surface area contributed by atoms with Crippen LogP contribution in [0.15, 0.2) is 76.8 Å². The predicted molar refractivity (Wildman–Crippen MR) is 132 cm³/mol. The summed E-state index contributed by atoms with van der Waals surface area (Å²) in [5.41, 5.74) is 4.22. The number of carbonyl (C=O) groups excluding carboxylic acids is 1. The Balaban J connectivity index is 1.60. The molecule has 2 aromatic carbocycles. The fourth-order valence-corrected chi connectivity index (χ4v) is 3.49. The minimum absolute atomic E-state index is 0.0278. The van der Waals surface area contributed by atoms with Crippen molar-refractivity contribution in [2.24, 2.45) is 5.10 Å². The van der Waals surface area contributed by atoms with Gasteiger partial charge in [0.05, 0.1) is 22.5 Å². The van der Waals surface area contributed by atoms with Gasteiger partial charge in [-0.25, -0.2) is 5.43 Å². The van der Waals surface area contributed by atoms with Crippen molar-refractivity contribution in [3.8, 4) is 17.4 Å². The van der Waals surface area contributed by atoms with E-state index in [2.05, 4.69) is 15.6 Å². The lowest BCUT2D eigenvalue weighted by Crippen LogP contribution is -2.31. The third-order valence-corrected chi connectivity index (χ3v) is 5.42. The van der Waals surface area contributed by atoms with Crippen LogP contribution in [0.2, 0.25) is 0 Å². The van der Waals surface area contributed by atoms with Gasteiger partial charge in [0.2, 0.25) is 0 Å². The molecule has 0 spiro atoms. The first kappa shape index (κ1) is 23.8. The Morgan fingerprint density at radius 2 is 1.78 bits per heavy atom. The van der Waals surface area contributed by atoms with Crippen molar-refractivity contribution >= 4 is 17.8 Å². The minimum atomic E-state index is -0.699. The van der Waals surface area contributed by atoms with Crippen LogP contribution in [-0.2, 0) is 0 Å². The van der Waals surface area contributed by atoms with Gasteiger partial charge in [0.15, 0.2) is 5.69 Å². The molecule has 0 radical (unpaired) electrons. The Morgan fingerprint density at radius 1 is 1.11 bits per heavy atom. The molecule has 0 fully saturated rings. The number of non-ortho nitro benzene ring substituents is 1. The smallest absolute Gasteiger partial charge is 0.292 e. The summed E-state index contributed by atoms with van der Waals surface area (Å²) in [6, 6.07) is 18.3. The second kappa shape index (κ2) is 9.86. The molecule has 4 rings (SSSR count). The van der Waals surface area contributed by atoms with Gasteiger partial charge in [-0.3, -0.25) is 19.7 Å². The number of hydrogen-bond acceptors (Lipinski definition) is 7. The highest BCUT2D eigenvalue weighted by atomic mass is 16.6. The fourth-order valence-electron chi connectivity index (χ4n) is 3.49. The fraction of sp³-hybridized carbons (Fsp3) is 0.0800. The summed E-state index contributed by atoms with van der Waals surface area (Å²) >= 11 is 0. The third kappa shape index (κ3) is 4.64. The van der Waals surface area contributed by atoms with Crippen LogP contribution in [0.5, 0.6) is 0 Å². The van der Waals surface area contributed by atoms with Crippen LogP contribution in [0.4, 0.5) is 5.69 Å². The maximum Gasteiger partial charge on any atom is 0.292 e. The molecule has 0 saturated carbocycles. The first-order valence-corrected chi connectivity index (χ1v) is 10.7. The molecule has 0 aliphatic rings. The molecule has 2 heterocycles. The number of hydrazone groups is 1. The van der Waals surface area contributed by atoms with Crippen molar-refractivity contribution in [1.29, 1.82) is 5.26 Å². The average molecular weight is 481 g/mol. The topological polar surface area (TPSA) is 148 Å². The van der Waals surface area contributed by atoms with Crippen LogP contribution >= 0.6 is 0 Å². The summed E-state index contributed by atoms with van der Waals surface area (Å²) in [4.78, 5) is 36.0. The predicted octanol–water partition coefficient (Wildman–Crippen LogP) is 3.18. The second-order valence-corrected chi connectivity index (χ2v) is 7.79. The number of hydrogen-bond donors (Lipinski definition) is 1. The van der Waals surface area contributed by atoms with E-state index in [1.807, 2.05) is 13.0 Å². The van der Waals surface area contributed by atoms with Crippen molar-refractivity contribution in [2.75, 3.05) is 0 Å². The standard InChI is InChI=1S/C25H19N7O4/c1-16-5-7-19(8-6-16)31-25(34)22(14-26)17(2)23(29-31)24(33)28-27-15-21-4-3-13-30(21)18-9-11-20(12-10-18)32(35)36/h3-13,15H,1-2H3,(H,28,33)/b27-15-. The molecular weight excluding hydrogens is 462 g/mol. The number of amides is 1. The molecule has 0 bridgehead atoms. The molecule has 0 aliphatic heterocycles. The van der Waals surface area contributed by atoms with Crippen LogP contribution in [0.25, 0.3) is 11.4 Å². The highest BCUT2D eigenvalue weighted by molar-refractivity contribution is 5.94. The van der Waals surface area contributed by atoms with Crippen LogP contribution < -0.4 is 11.0 Å². The number of nitrogens with one attached hydrogen (secondary N) is 1. The van der Waals surface area contributed by atoms with E-state index in [1.165, 1.54) is 25.3 Å². The number of carbonyl (C=O) groups is 1. The van der Waals surface area contributed by atoms with Crippen LogP contribution in [0, 0.1) is 35.3 Å². The van der Waals surface area contributed by atoms with E-state index < -0.39 is 16.4 Å². The molecule has 4 aromatic rings. The molecule has 0 aliphatic carbocycles. The zero-order valence-corrected chi connectivity index (χ0v) is 19.2. The molecule has 0 unspecified atom stereocenters. The van der Waals surface area contributed by atoms with Crippen molar-refractivity contribution < 1.29 is 9.72 Å². The molecule has 11 heteroatoms. The normalized spacial score (nSPS) is 10.8. The van der Waals surface area contributed by atoms with Crippen molar-refractivity contribution in [3.05, 3.63) is 115 Å². The molecular formula is C25H19N7O4. The van der Waals surface area contributed by atoms with Crippen LogP contribution in [0.1, 0.15) is 32.9 Å². The second-order valence-electron chi connectivity index (χ2n) is 7.79. The molecule has 1 N–H and O–H groups in total. The molecule has 1 amide bonds. The Bertz CT molecular complexity index is 1590. The molecule has 36 heavy (non-hydrogen) atoms. The maximum absolute atomic E-state index is 12.9. The van der Waals surface area contributed by atoms with Gasteiger partial charge in [0.25, 0.3) is 17.2 Å². The van der Waals surface area contributed by atoms with Gasteiger partial charge in [-0.15, -0.1) is 0 Å². The van der Waals surface area contributed by atoms with E-state index in [9.17, 15) is 25.0 Å². The number of nitrogens with zero attached hydrogens (tertiary/aromatic N) is 6. The van der Waals surface area contributed by atoms with E-state index in [0.717, 1.165) is 10.2 Å². The quantitative estimate of drug-likeness (QED) is 0.254. The SMILES string of the molecule is Cc1ccc(-n2nc(C(=O)N/N=C\c3cccn3-c3ccc([N+](=O)[O-])cc3)c(C)c(C#N)c2=O)cc1. The van der Waals surface area contributed by atoms with Gasteiger partial charge < -0.3 is 4.57 Å². The zero-order chi connectivity index (χ0) is 25.8. The number of nitriles is 1. The molecule has 0 atom stereocenters. The summed E-state index contributed by atoms with van der Waals surface area (Å²) < 4.78 is 2.75. The monoisotopic (exact) mass is 481 g/mol. The maximum atomic E-state index is 12.9. The van der Waals surface area contributed by atoms with Crippen molar-refractivity contribution in [1.82, 2.24) is 19.8 Å². The molecule has 11 nitrogen and oxygen atoms in total. The Morgan fingerprint density at radius 3 is 2.42 bits per heavy atom. The number of nitro groups is 1.